The van der Waals surface area contributed by atoms with Gasteiger partial charge in [-0.05, 0) is 18.6 Å². The highest BCUT2D eigenvalue weighted by Crippen LogP contribution is 2.24. The molecule has 6 heteroatoms. The van der Waals surface area contributed by atoms with Gasteiger partial charge < -0.3 is 4.74 Å². The molecule has 3 aromatic rings. The molecule has 0 saturated heterocycles. The molecule has 0 bridgehead atoms. The quantitative estimate of drug-likeness (QED) is 0.412. The zero-order valence-electron chi connectivity index (χ0n) is 12.0. The van der Waals surface area contributed by atoms with E-state index in [9.17, 15) is 0 Å². The Balaban J connectivity index is 1.61. The second kappa shape index (κ2) is 6.13. The fourth-order valence-corrected chi connectivity index (χ4v) is 2.85. The van der Waals surface area contributed by atoms with Crippen LogP contribution in [0.1, 0.15) is 5.56 Å². The molecular formula is C15H16N4OS. The summed E-state index contributed by atoms with van der Waals surface area (Å²) in [6.45, 7) is 2.69. The number of hydrogen-bond donors (Lipinski definition) is 0. The van der Waals surface area contributed by atoms with Crippen LogP contribution in [-0.2, 0) is 7.05 Å². The molecule has 0 amide bonds. The summed E-state index contributed by atoms with van der Waals surface area (Å²) in [4.78, 5) is 8.56. The molecule has 0 saturated carbocycles. The Hall–Kier alpha value is -2.08. The summed E-state index contributed by atoms with van der Waals surface area (Å²) in [6.07, 6.45) is 3.38. The van der Waals surface area contributed by atoms with E-state index in [-0.39, 0.29) is 0 Å². The highest BCUT2D eigenvalue weighted by Gasteiger charge is 2.08. The molecule has 2 aromatic heterocycles. The van der Waals surface area contributed by atoms with Crippen molar-refractivity contribution >= 4 is 22.8 Å². The van der Waals surface area contributed by atoms with Gasteiger partial charge in [0.25, 0.3) is 0 Å². The molecule has 0 spiro atoms. The lowest BCUT2D eigenvalue weighted by molar-refractivity contribution is 0.341. The monoisotopic (exact) mass is 300 g/mol. The Morgan fingerprint density at radius 3 is 2.95 bits per heavy atom. The molecule has 21 heavy (non-hydrogen) atoms. The van der Waals surface area contributed by atoms with E-state index >= 15 is 0 Å². The SMILES string of the molecule is Cc1ccccc1OCCSc1ncnc2c1cnn2C. The van der Waals surface area contributed by atoms with Crippen molar-refractivity contribution in [3.8, 4) is 5.75 Å². The standard InChI is InChI=1S/C15H16N4OS/c1-11-5-3-4-6-13(11)20-7-8-21-15-12-9-18-19(2)14(12)16-10-17-15/h3-6,9-10H,7-8H2,1-2H3. The van der Waals surface area contributed by atoms with Crippen molar-refractivity contribution < 1.29 is 4.74 Å². The van der Waals surface area contributed by atoms with E-state index in [1.165, 1.54) is 0 Å². The van der Waals surface area contributed by atoms with Crippen molar-refractivity contribution in [2.75, 3.05) is 12.4 Å². The van der Waals surface area contributed by atoms with Gasteiger partial charge in [-0.3, -0.25) is 4.68 Å². The minimum Gasteiger partial charge on any atom is -0.492 e. The van der Waals surface area contributed by atoms with Crippen LogP contribution in [0.4, 0.5) is 0 Å². The van der Waals surface area contributed by atoms with Gasteiger partial charge in [-0.1, -0.05) is 18.2 Å². The van der Waals surface area contributed by atoms with Crippen LogP contribution < -0.4 is 4.74 Å². The van der Waals surface area contributed by atoms with E-state index in [2.05, 4.69) is 15.1 Å². The number of aryl methyl sites for hydroxylation is 2. The molecule has 0 N–H and O–H groups in total. The lowest BCUT2D eigenvalue weighted by atomic mass is 10.2. The smallest absolute Gasteiger partial charge is 0.162 e. The van der Waals surface area contributed by atoms with E-state index in [1.807, 2.05) is 38.2 Å². The molecule has 3 rings (SSSR count). The predicted octanol–water partition coefficient (Wildman–Crippen LogP) is 2.84. The molecule has 0 radical (unpaired) electrons. The molecule has 5 nitrogen and oxygen atoms in total. The topological polar surface area (TPSA) is 52.8 Å². The molecule has 0 aliphatic rings. The largest absolute Gasteiger partial charge is 0.492 e. The summed E-state index contributed by atoms with van der Waals surface area (Å²) in [6, 6.07) is 8.03. The van der Waals surface area contributed by atoms with E-state index < -0.39 is 0 Å². The van der Waals surface area contributed by atoms with Gasteiger partial charge in [-0.2, -0.15) is 5.10 Å². The van der Waals surface area contributed by atoms with Crippen molar-refractivity contribution in [3.63, 3.8) is 0 Å². The molecular weight excluding hydrogens is 284 g/mol. The number of benzene rings is 1. The van der Waals surface area contributed by atoms with Gasteiger partial charge >= 0.3 is 0 Å². The number of nitrogens with zero attached hydrogens (tertiary/aromatic N) is 4. The zero-order chi connectivity index (χ0) is 14.7. The number of fused-ring (bicyclic) bond motifs is 1. The first-order valence-corrected chi connectivity index (χ1v) is 7.68. The van der Waals surface area contributed by atoms with Crippen LogP contribution in [0.5, 0.6) is 5.75 Å². The molecule has 2 heterocycles. The summed E-state index contributed by atoms with van der Waals surface area (Å²) in [5.74, 6) is 1.77. The normalized spacial score (nSPS) is 11.0. The van der Waals surface area contributed by atoms with Gasteiger partial charge in [0.05, 0.1) is 18.2 Å². The molecule has 0 fully saturated rings. The van der Waals surface area contributed by atoms with Gasteiger partial charge in [-0.25, -0.2) is 9.97 Å². The Morgan fingerprint density at radius 1 is 1.24 bits per heavy atom. The maximum atomic E-state index is 5.79. The van der Waals surface area contributed by atoms with Gasteiger partial charge in [0.1, 0.15) is 17.1 Å². The molecule has 0 unspecified atom stereocenters. The predicted molar refractivity (Wildman–Crippen MR) is 83.7 cm³/mol. The fraction of sp³-hybridized carbons (Fsp3) is 0.267. The van der Waals surface area contributed by atoms with Crippen LogP contribution in [0.2, 0.25) is 0 Å². The Morgan fingerprint density at radius 2 is 2.10 bits per heavy atom. The molecule has 0 aliphatic carbocycles. The molecule has 0 atom stereocenters. The van der Waals surface area contributed by atoms with Crippen molar-refractivity contribution in [1.82, 2.24) is 19.7 Å². The Bertz CT molecular complexity index is 756. The van der Waals surface area contributed by atoms with Crippen molar-refractivity contribution in [2.45, 2.75) is 11.9 Å². The van der Waals surface area contributed by atoms with E-state index in [4.69, 9.17) is 4.74 Å². The van der Waals surface area contributed by atoms with Crippen LogP contribution in [0, 0.1) is 6.92 Å². The minimum atomic E-state index is 0.640. The lowest BCUT2D eigenvalue weighted by Gasteiger charge is -2.08. The molecule has 0 aliphatic heterocycles. The average Bonchev–Trinajstić information content (AvgIpc) is 2.88. The van der Waals surface area contributed by atoms with Gasteiger partial charge in [0.15, 0.2) is 5.65 Å². The maximum absolute atomic E-state index is 5.79. The minimum absolute atomic E-state index is 0.640. The molecule has 108 valence electrons. The van der Waals surface area contributed by atoms with Crippen LogP contribution in [-0.4, -0.2) is 32.1 Å². The fourth-order valence-electron chi connectivity index (χ4n) is 2.06. The highest BCUT2D eigenvalue weighted by atomic mass is 32.2. The van der Waals surface area contributed by atoms with E-state index in [0.29, 0.717) is 6.61 Å². The van der Waals surface area contributed by atoms with Crippen LogP contribution in [0.15, 0.2) is 41.8 Å². The first-order chi connectivity index (χ1) is 10.3. The van der Waals surface area contributed by atoms with Crippen LogP contribution in [0.25, 0.3) is 11.0 Å². The number of thioether (sulfide) groups is 1. The highest BCUT2D eigenvalue weighted by molar-refractivity contribution is 7.99. The second-order valence-electron chi connectivity index (χ2n) is 4.65. The van der Waals surface area contributed by atoms with Crippen LogP contribution >= 0.6 is 11.8 Å². The van der Waals surface area contributed by atoms with E-state index in [1.54, 1.807) is 29.0 Å². The summed E-state index contributed by atoms with van der Waals surface area (Å²) in [5, 5.41) is 6.15. The first kappa shape index (κ1) is 13.9. The maximum Gasteiger partial charge on any atom is 0.162 e. The third kappa shape index (κ3) is 3.00. The third-order valence-electron chi connectivity index (χ3n) is 3.17. The van der Waals surface area contributed by atoms with Crippen LogP contribution in [0.3, 0.4) is 0 Å². The van der Waals surface area contributed by atoms with Gasteiger partial charge in [0, 0.05) is 12.8 Å². The summed E-state index contributed by atoms with van der Waals surface area (Å²) in [5.41, 5.74) is 2.01. The number of para-hydroxylation sites is 1. The summed E-state index contributed by atoms with van der Waals surface area (Å²) >= 11 is 1.66. The van der Waals surface area contributed by atoms with Gasteiger partial charge in [-0.15, -0.1) is 11.8 Å². The van der Waals surface area contributed by atoms with Crippen molar-refractivity contribution in [1.29, 1.82) is 0 Å². The summed E-state index contributed by atoms with van der Waals surface area (Å²) in [7, 11) is 1.88. The van der Waals surface area contributed by atoms with Crippen molar-refractivity contribution in [2.24, 2.45) is 7.05 Å². The summed E-state index contributed by atoms with van der Waals surface area (Å²) < 4.78 is 7.55. The third-order valence-corrected chi connectivity index (χ3v) is 4.14. The van der Waals surface area contributed by atoms with Crippen molar-refractivity contribution in [3.05, 3.63) is 42.4 Å². The lowest BCUT2D eigenvalue weighted by Crippen LogP contribution is -2.01. The number of ether oxygens (including phenoxy) is 1. The number of aromatic nitrogens is 4. The Kier molecular flexibility index (Phi) is 4.06. The number of hydrogen-bond acceptors (Lipinski definition) is 5. The van der Waals surface area contributed by atoms with E-state index in [0.717, 1.165) is 33.1 Å². The Labute approximate surface area is 127 Å². The zero-order valence-corrected chi connectivity index (χ0v) is 12.8. The number of rotatable bonds is 5. The van der Waals surface area contributed by atoms with Gasteiger partial charge in [0.2, 0.25) is 0 Å². The average molecular weight is 300 g/mol. The molecule has 1 aromatic carbocycles. The second-order valence-corrected chi connectivity index (χ2v) is 5.73. The first-order valence-electron chi connectivity index (χ1n) is 6.69.